The van der Waals surface area contributed by atoms with E-state index in [0.29, 0.717) is 13.0 Å². The molecule has 2 unspecified atom stereocenters. The van der Waals surface area contributed by atoms with Crippen LogP contribution in [0.15, 0.2) is 36.4 Å². The molecule has 30 heavy (non-hydrogen) atoms. The minimum Gasteiger partial charge on any atom is -0.325 e. The van der Waals surface area contributed by atoms with Gasteiger partial charge in [-0.1, -0.05) is 32.9 Å². The number of carbonyl (C=O) groups is 2. The van der Waals surface area contributed by atoms with E-state index in [1.54, 1.807) is 12.1 Å². The Bertz CT molecular complexity index is 1030. The van der Waals surface area contributed by atoms with Gasteiger partial charge in [0.25, 0.3) is 0 Å². The zero-order valence-corrected chi connectivity index (χ0v) is 19.4. The van der Waals surface area contributed by atoms with Crippen molar-refractivity contribution in [2.45, 2.75) is 45.1 Å². The van der Waals surface area contributed by atoms with Gasteiger partial charge in [-0.05, 0) is 76.2 Å². The van der Waals surface area contributed by atoms with Gasteiger partial charge < -0.3 is 16.0 Å². The predicted molar refractivity (Wildman–Crippen MR) is 124 cm³/mol. The molecule has 0 bridgehead atoms. The smallest absolute Gasteiger partial charge is 0.241 e. The Morgan fingerprint density at radius 2 is 2.03 bits per heavy atom. The van der Waals surface area contributed by atoms with Gasteiger partial charge in [-0.25, -0.2) is 4.39 Å². The molecule has 5 nitrogen and oxygen atoms in total. The fourth-order valence-electron chi connectivity index (χ4n) is 4.35. The average Bonchev–Trinajstić information content (AvgIpc) is 3.20. The van der Waals surface area contributed by atoms with E-state index in [1.807, 2.05) is 28.7 Å². The number of halogens is 2. The number of hydrogen-bond acceptors (Lipinski definition) is 3. The van der Waals surface area contributed by atoms with E-state index in [1.165, 1.54) is 11.6 Å². The van der Waals surface area contributed by atoms with Crippen LogP contribution >= 0.6 is 22.6 Å². The third-order valence-corrected chi connectivity index (χ3v) is 6.40. The Morgan fingerprint density at radius 1 is 1.27 bits per heavy atom. The first-order valence-corrected chi connectivity index (χ1v) is 11.1. The average molecular weight is 521 g/mol. The number of hydrogen-bond donors (Lipinski definition) is 3. The zero-order chi connectivity index (χ0) is 21.7. The highest BCUT2D eigenvalue weighted by atomic mass is 127. The van der Waals surface area contributed by atoms with Crippen LogP contribution in [-0.4, -0.2) is 24.4 Å². The predicted octanol–water partition coefficient (Wildman–Crippen LogP) is 4.21. The Balaban J connectivity index is 1.56. The van der Waals surface area contributed by atoms with Crippen molar-refractivity contribution in [3.8, 4) is 0 Å². The molecule has 2 heterocycles. The van der Waals surface area contributed by atoms with Gasteiger partial charge in [-0.3, -0.25) is 9.59 Å². The van der Waals surface area contributed by atoms with Gasteiger partial charge >= 0.3 is 0 Å². The summed E-state index contributed by atoms with van der Waals surface area (Å²) in [7, 11) is 0. The maximum atomic E-state index is 14.1. The lowest BCUT2D eigenvalue weighted by molar-refractivity contribution is -0.120. The molecule has 0 aromatic heterocycles. The summed E-state index contributed by atoms with van der Waals surface area (Å²) in [5, 5.41) is 8.81. The van der Waals surface area contributed by atoms with Crippen LogP contribution in [0.2, 0.25) is 0 Å². The second kappa shape index (κ2) is 7.60. The molecule has 4 rings (SSSR count). The molecular weight excluding hydrogens is 496 g/mol. The van der Waals surface area contributed by atoms with E-state index in [0.717, 1.165) is 21.2 Å². The molecule has 158 valence electrons. The Kier molecular flexibility index (Phi) is 5.38. The third kappa shape index (κ3) is 3.97. The van der Waals surface area contributed by atoms with Gasteiger partial charge in [0.2, 0.25) is 11.8 Å². The van der Waals surface area contributed by atoms with Crippen molar-refractivity contribution in [1.82, 2.24) is 5.32 Å². The summed E-state index contributed by atoms with van der Waals surface area (Å²) in [6, 6.07) is 10.2. The lowest BCUT2D eigenvalue weighted by Crippen LogP contribution is -2.36. The fourth-order valence-corrected chi connectivity index (χ4v) is 4.80. The van der Waals surface area contributed by atoms with Crippen LogP contribution in [0, 0.1) is 14.8 Å². The summed E-state index contributed by atoms with van der Waals surface area (Å²) >= 11 is 2.02. The highest BCUT2D eigenvalue weighted by Crippen LogP contribution is 2.44. The number of nitrogens with one attached hydrogen (secondary N) is 3. The third-order valence-electron chi connectivity index (χ3n) is 5.73. The van der Waals surface area contributed by atoms with Crippen molar-refractivity contribution >= 4 is 45.8 Å². The number of anilines is 2. The minimum atomic E-state index is -0.782. The molecule has 2 aliphatic heterocycles. The number of rotatable bonds is 3. The number of carbonyl (C=O) groups excluding carboxylic acids is 2. The van der Waals surface area contributed by atoms with Crippen LogP contribution in [-0.2, 0) is 21.4 Å². The van der Waals surface area contributed by atoms with E-state index in [4.69, 9.17) is 0 Å². The fraction of sp³-hybridized carbons (Fsp3) is 0.391. The summed E-state index contributed by atoms with van der Waals surface area (Å²) in [5.41, 5.74) is 2.42. The van der Waals surface area contributed by atoms with E-state index >= 15 is 0 Å². The van der Waals surface area contributed by atoms with E-state index in [2.05, 4.69) is 48.9 Å². The first kappa shape index (κ1) is 21.2. The lowest BCUT2D eigenvalue weighted by atomic mass is 9.78. The number of fused-ring (bicyclic) bond motifs is 2. The molecule has 3 N–H and O–H groups in total. The second-order valence-corrected chi connectivity index (χ2v) is 10.7. The normalized spacial score (nSPS) is 22.8. The van der Waals surface area contributed by atoms with Crippen LogP contribution in [0.1, 0.15) is 38.3 Å². The van der Waals surface area contributed by atoms with Crippen molar-refractivity contribution in [2.24, 2.45) is 5.41 Å². The van der Waals surface area contributed by atoms with Gasteiger partial charge in [0, 0.05) is 15.8 Å². The first-order chi connectivity index (χ1) is 14.1. The highest BCUT2D eigenvalue weighted by Gasteiger charge is 2.53. The van der Waals surface area contributed by atoms with Crippen molar-refractivity contribution in [1.29, 1.82) is 0 Å². The second-order valence-electron chi connectivity index (χ2n) is 9.40. The molecule has 0 saturated carbocycles. The van der Waals surface area contributed by atoms with Crippen molar-refractivity contribution < 1.29 is 14.0 Å². The molecule has 2 aromatic rings. The first-order valence-electron chi connectivity index (χ1n) is 10.0. The minimum absolute atomic E-state index is 0.0892. The molecule has 0 aliphatic carbocycles. The van der Waals surface area contributed by atoms with E-state index in [-0.39, 0.29) is 22.9 Å². The van der Waals surface area contributed by atoms with Crippen molar-refractivity contribution in [3.63, 3.8) is 0 Å². The van der Waals surface area contributed by atoms with E-state index < -0.39 is 17.3 Å². The summed E-state index contributed by atoms with van der Waals surface area (Å²) in [6.45, 7) is 6.92. The summed E-state index contributed by atoms with van der Waals surface area (Å²) in [6.07, 6.45) is 1.23. The largest absolute Gasteiger partial charge is 0.325 e. The van der Waals surface area contributed by atoms with Crippen LogP contribution in [0.5, 0.6) is 0 Å². The molecule has 1 spiro atoms. The monoisotopic (exact) mass is 521 g/mol. The Hall–Kier alpha value is -2.00. The van der Waals surface area contributed by atoms with Gasteiger partial charge in [0.15, 0.2) is 0 Å². The summed E-state index contributed by atoms with van der Waals surface area (Å²) < 4.78 is 14.9. The van der Waals surface area contributed by atoms with E-state index in [9.17, 15) is 14.0 Å². The molecule has 2 aromatic carbocycles. The molecule has 2 amide bonds. The topological polar surface area (TPSA) is 70.2 Å². The van der Waals surface area contributed by atoms with Gasteiger partial charge in [-0.15, -0.1) is 0 Å². The Labute approximate surface area is 189 Å². The van der Waals surface area contributed by atoms with Crippen LogP contribution in [0.3, 0.4) is 0 Å². The molecule has 2 atom stereocenters. The number of benzene rings is 2. The highest BCUT2D eigenvalue weighted by molar-refractivity contribution is 14.1. The Morgan fingerprint density at radius 3 is 2.73 bits per heavy atom. The van der Waals surface area contributed by atoms with Gasteiger partial charge in [0.05, 0.1) is 17.1 Å². The standard InChI is InChI=1S/C23H25FIN3O2/c1-22(2,3)10-13-4-6-17-15(8-13)23(21(30)28-17)11-19(26-12-23)20(29)27-18-7-5-14(25)9-16(18)24/h4-9,19,26H,10-12H2,1-3H3,(H,27,29)(H,28,30). The van der Waals surface area contributed by atoms with Crippen LogP contribution in [0.4, 0.5) is 15.8 Å². The van der Waals surface area contributed by atoms with Crippen molar-refractivity contribution in [2.75, 3.05) is 17.2 Å². The number of amides is 2. The molecule has 1 saturated heterocycles. The van der Waals surface area contributed by atoms with Crippen molar-refractivity contribution in [3.05, 3.63) is 56.9 Å². The van der Waals surface area contributed by atoms with Gasteiger partial charge in [-0.2, -0.15) is 0 Å². The lowest BCUT2D eigenvalue weighted by Gasteiger charge is -2.23. The summed E-state index contributed by atoms with van der Waals surface area (Å²) in [5.74, 6) is -0.897. The quantitative estimate of drug-likeness (QED) is 0.531. The molecule has 0 radical (unpaired) electrons. The SMILES string of the molecule is CC(C)(C)Cc1ccc2c(c1)C1(CNC(C(=O)Nc3ccc(I)cc3F)C1)C(=O)N2. The summed E-state index contributed by atoms with van der Waals surface area (Å²) in [4.78, 5) is 25.7. The molecule has 7 heteroatoms. The maximum absolute atomic E-state index is 14.1. The maximum Gasteiger partial charge on any atom is 0.241 e. The zero-order valence-electron chi connectivity index (χ0n) is 17.2. The molecular formula is C23H25FIN3O2. The van der Waals surface area contributed by atoms with Crippen LogP contribution < -0.4 is 16.0 Å². The molecule has 2 aliphatic rings. The van der Waals surface area contributed by atoms with Gasteiger partial charge in [0.1, 0.15) is 5.82 Å². The van der Waals surface area contributed by atoms with Crippen LogP contribution in [0.25, 0.3) is 0 Å². The molecule has 1 fully saturated rings.